The molecule has 2 aromatic carbocycles. The van der Waals surface area contributed by atoms with Gasteiger partial charge in [0.05, 0.1) is 6.20 Å². The van der Waals surface area contributed by atoms with Crippen molar-refractivity contribution in [1.29, 1.82) is 0 Å². The van der Waals surface area contributed by atoms with Crippen molar-refractivity contribution in [3.63, 3.8) is 0 Å². The summed E-state index contributed by atoms with van der Waals surface area (Å²) in [7, 11) is 0. The predicted octanol–water partition coefficient (Wildman–Crippen LogP) is 6.69. The van der Waals surface area contributed by atoms with Gasteiger partial charge in [0.2, 0.25) is 0 Å². The van der Waals surface area contributed by atoms with E-state index in [0.717, 1.165) is 77.0 Å². The highest BCUT2D eigenvalue weighted by Crippen LogP contribution is 2.36. The van der Waals surface area contributed by atoms with Crippen molar-refractivity contribution < 1.29 is 4.74 Å². The fourth-order valence-electron chi connectivity index (χ4n) is 5.15. The average Bonchev–Trinajstić information content (AvgIpc) is 3.37. The van der Waals surface area contributed by atoms with Gasteiger partial charge in [-0.05, 0) is 55.7 Å². The van der Waals surface area contributed by atoms with Gasteiger partial charge in [-0.3, -0.25) is 4.98 Å². The second-order valence-electron chi connectivity index (χ2n) is 9.96. The monoisotopic (exact) mass is 516 g/mol. The number of nitrogens with zero attached hydrogens (tertiary/aromatic N) is 5. The molecule has 0 spiro atoms. The van der Waals surface area contributed by atoms with Crippen LogP contribution in [0.1, 0.15) is 41.1 Å². The van der Waals surface area contributed by atoms with Gasteiger partial charge in [-0.25, -0.2) is 4.98 Å². The lowest BCUT2D eigenvalue weighted by molar-refractivity contribution is 0.296. The Bertz CT molecular complexity index is 1570. The zero-order valence-corrected chi connectivity index (χ0v) is 22.1. The highest BCUT2D eigenvalue weighted by Gasteiger charge is 2.25. The van der Waals surface area contributed by atoms with E-state index in [0.29, 0.717) is 12.5 Å². The first-order chi connectivity index (χ1) is 19.2. The van der Waals surface area contributed by atoms with Crippen molar-refractivity contribution >= 4 is 17.2 Å². The topological polar surface area (TPSA) is 67.6 Å². The summed E-state index contributed by atoms with van der Waals surface area (Å²) < 4.78 is 8.11. The summed E-state index contributed by atoms with van der Waals surface area (Å²) in [6.45, 7) is 9.02. The number of ether oxygens (including phenoxy) is 1. The van der Waals surface area contributed by atoms with E-state index < -0.39 is 0 Å². The molecule has 1 aliphatic rings. The number of para-hydroxylation sites is 2. The number of hydrogen-bond acceptors (Lipinski definition) is 6. The van der Waals surface area contributed by atoms with Gasteiger partial charge in [-0.1, -0.05) is 43.0 Å². The molecule has 5 aromatic rings. The number of likely N-dealkylation sites (tertiary alicyclic amines) is 1. The quantitative estimate of drug-likeness (QED) is 0.248. The van der Waals surface area contributed by atoms with E-state index in [1.807, 2.05) is 71.5 Å². The summed E-state index contributed by atoms with van der Waals surface area (Å²) in [5.41, 5.74) is 6.22. The van der Waals surface area contributed by atoms with E-state index in [-0.39, 0.29) is 0 Å². The summed E-state index contributed by atoms with van der Waals surface area (Å²) >= 11 is 0. The zero-order valence-electron chi connectivity index (χ0n) is 22.1. The third-order valence-corrected chi connectivity index (χ3v) is 7.33. The van der Waals surface area contributed by atoms with Crippen LogP contribution in [0.2, 0.25) is 0 Å². The van der Waals surface area contributed by atoms with Crippen LogP contribution in [0.5, 0.6) is 11.5 Å². The van der Waals surface area contributed by atoms with Crippen molar-refractivity contribution in [2.24, 2.45) is 0 Å². The lowest BCUT2D eigenvalue weighted by Gasteiger charge is -2.35. The molecule has 0 amide bonds. The Morgan fingerprint density at radius 2 is 1.79 bits per heavy atom. The van der Waals surface area contributed by atoms with Crippen LogP contribution in [-0.2, 0) is 6.54 Å². The average molecular weight is 517 g/mol. The normalized spacial score (nSPS) is 13.9. The summed E-state index contributed by atoms with van der Waals surface area (Å²) in [6, 6.07) is 24.2. The van der Waals surface area contributed by atoms with Gasteiger partial charge in [0, 0.05) is 66.5 Å². The van der Waals surface area contributed by atoms with Crippen LogP contribution in [-0.4, -0.2) is 37.6 Å². The van der Waals surface area contributed by atoms with Crippen LogP contribution in [0, 0.1) is 6.92 Å². The van der Waals surface area contributed by atoms with E-state index in [9.17, 15) is 0 Å². The minimum absolute atomic E-state index is 0.364. The molecule has 3 aromatic heterocycles. The predicted molar refractivity (Wildman–Crippen MR) is 155 cm³/mol. The molecule has 1 fully saturated rings. The van der Waals surface area contributed by atoms with Crippen LogP contribution < -0.4 is 10.1 Å². The van der Waals surface area contributed by atoms with E-state index in [1.54, 1.807) is 6.20 Å². The molecule has 7 nitrogen and oxygen atoms in total. The van der Waals surface area contributed by atoms with Crippen LogP contribution in [0.3, 0.4) is 0 Å². The lowest BCUT2D eigenvalue weighted by Crippen LogP contribution is -2.31. The zero-order chi connectivity index (χ0) is 26.6. The van der Waals surface area contributed by atoms with Crippen LogP contribution in [0.25, 0.3) is 11.3 Å². The summed E-state index contributed by atoms with van der Waals surface area (Å²) in [5.74, 6) is 2.96. The van der Waals surface area contributed by atoms with E-state index >= 15 is 0 Å². The number of piperidine rings is 1. The highest BCUT2D eigenvalue weighted by atomic mass is 16.5. The second-order valence-corrected chi connectivity index (χ2v) is 9.96. The molecule has 196 valence electrons. The molecule has 0 aliphatic carbocycles. The minimum atomic E-state index is 0.364. The number of aryl methyl sites for hydroxylation is 1. The van der Waals surface area contributed by atoms with Crippen molar-refractivity contribution in [3.05, 3.63) is 120 Å². The SMILES string of the molecule is C=C(c1ccccc1Oc1ccccc1)N1CCC(c2cc(NCc3cccnc3)n3ncc(C)c3n2)CC1. The lowest BCUT2D eigenvalue weighted by atomic mass is 9.92. The fraction of sp³-hybridized carbons (Fsp3) is 0.219. The molecule has 0 bridgehead atoms. The number of rotatable bonds is 8. The maximum atomic E-state index is 6.21. The van der Waals surface area contributed by atoms with E-state index in [2.05, 4.69) is 52.0 Å². The number of aromatic nitrogens is 4. The molecular formula is C32H32N6O. The van der Waals surface area contributed by atoms with Gasteiger partial charge in [-0.2, -0.15) is 9.61 Å². The van der Waals surface area contributed by atoms with E-state index in [1.165, 1.54) is 0 Å². The van der Waals surface area contributed by atoms with Gasteiger partial charge in [0.1, 0.15) is 17.3 Å². The summed E-state index contributed by atoms with van der Waals surface area (Å²) in [5, 5.41) is 8.12. The number of hydrogen-bond donors (Lipinski definition) is 1. The van der Waals surface area contributed by atoms with Crippen LogP contribution in [0.15, 0.2) is 98.0 Å². The molecule has 1 N–H and O–H groups in total. The molecule has 6 rings (SSSR count). The van der Waals surface area contributed by atoms with E-state index in [4.69, 9.17) is 9.72 Å². The molecule has 0 atom stereocenters. The molecule has 1 aliphatic heterocycles. The standard InChI is InChI=1S/C32H32N6O/c1-23-20-35-38-31(34-22-25-9-8-16-33-21-25)19-29(36-32(23)38)26-14-17-37(18-15-26)24(2)28-12-6-7-13-30(28)39-27-10-4-3-5-11-27/h3-13,16,19-21,26,34H,2,14-15,17-18,22H2,1H3. The first kappa shape index (κ1) is 24.7. The highest BCUT2D eigenvalue weighted by molar-refractivity contribution is 5.68. The Hall–Kier alpha value is -4.65. The van der Waals surface area contributed by atoms with Crippen molar-refractivity contribution in [3.8, 4) is 11.5 Å². The Balaban J connectivity index is 1.17. The molecule has 0 unspecified atom stereocenters. The number of nitrogens with one attached hydrogen (secondary N) is 1. The van der Waals surface area contributed by atoms with Crippen molar-refractivity contribution in [1.82, 2.24) is 24.5 Å². The number of fused-ring (bicyclic) bond motifs is 1. The third-order valence-electron chi connectivity index (χ3n) is 7.33. The molecule has 4 heterocycles. The first-order valence-electron chi connectivity index (χ1n) is 13.4. The third kappa shape index (κ3) is 5.34. The number of benzene rings is 2. The first-order valence-corrected chi connectivity index (χ1v) is 13.4. The van der Waals surface area contributed by atoms with Gasteiger partial charge in [-0.15, -0.1) is 0 Å². The molecule has 1 saturated heterocycles. The largest absolute Gasteiger partial charge is 0.457 e. The Kier molecular flexibility index (Phi) is 6.95. The van der Waals surface area contributed by atoms with Gasteiger partial charge >= 0.3 is 0 Å². The Labute approximate surface area is 228 Å². The molecule has 7 heteroatoms. The Morgan fingerprint density at radius 1 is 1.00 bits per heavy atom. The maximum Gasteiger partial charge on any atom is 0.160 e. The van der Waals surface area contributed by atoms with Gasteiger partial charge in [0.25, 0.3) is 0 Å². The molecule has 39 heavy (non-hydrogen) atoms. The fourth-order valence-corrected chi connectivity index (χ4v) is 5.15. The number of pyridine rings is 1. The number of anilines is 1. The molecule has 0 radical (unpaired) electrons. The van der Waals surface area contributed by atoms with Crippen molar-refractivity contribution in [2.75, 3.05) is 18.4 Å². The van der Waals surface area contributed by atoms with Crippen molar-refractivity contribution in [2.45, 2.75) is 32.2 Å². The smallest absolute Gasteiger partial charge is 0.160 e. The Morgan fingerprint density at radius 3 is 2.59 bits per heavy atom. The maximum absolute atomic E-state index is 6.21. The van der Waals surface area contributed by atoms with Gasteiger partial charge in [0.15, 0.2) is 5.65 Å². The summed E-state index contributed by atoms with van der Waals surface area (Å²) in [6.07, 6.45) is 7.55. The molecule has 0 saturated carbocycles. The minimum Gasteiger partial charge on any atom is -0.457 e. The van der Waals surface area contributed by atoms with Crippen LogP contribution >= 0.6 is 0 Å². The van der Waals surface area contributed by atoms with Crippen LogP contribution in [0.4, 0.5) is 5.82 Å². The molecular weight excluding hydrogens is 484 g/mol. The second kappa shape index (κ2) is 11.0. The summed E-state index contributed by atoms with van der Waals surface area (Å²) in [4.78, 5) is 11.6. The van der Waals surface area contributed by atoms with Gasteiger partial charge < -0.3 is 15.0 Å².